The van der Waals surface area contributed by atoms with E-state index in [0.717, 1.165) is 11.5 Å². The summed E-state index contributed by atoms with van der Waals surface area (Å²) in [7, 11) is 1.93. The largest absolute Gasteiger partial charge is 0.313 e. The van der Waals surface area contributed by atoms with Gasteiger partial charge in [0.2, 0.25) is 0 Å². The Labute approximate surface area is 122 Å². The molecule has 0 spiro atoms. The average molecular weight is 278 g/mol. The van der Waals surface area contributed by atoms with Crippen molar-refractivity contribution in [2.45, 2.75) is 52.5 Å². The summed E-state index contributed by atoms with van der Waals surface area (Å²) in [6.45, 7) is 6.99. The van der Waals surface area contributed by atoms with Crippen LogP contribution in [0.25, 0.3) is 0 Å². The quantitative estimate of drug-likeness (QED) is 0.890. The van der Waals surface area contributed by atoms with Gasteiger partial charge in [0.05, 0.1) is 6.20 Å². The second kappa shape index (κ2) is 6.21. The molecule has 1 heterocycles. The molecular formula is C17H27FN2. The van der Waals surface area contributed by atoms with Crippen LogP contribution in [0.1, 0.15) is 58.1 Å². The first-order valence-corrected chi connectivity index (χ1v) is 7.70. The van der Waals surface area contributed by atoms with Crippen molar-refractivity contribution in [3.8, 4) is 0 Å². The van der Waals surface area contributed by atoms with E-state index in [2.05, 4.69) is 31.1 Å². The number of halogens is 1. The lowest BCUT2D eigenvalue weighted by Gasteiger charge is -2.39. The first kappa shape index (κ1) is 15.4. The highest BCUT2D eigenvalue weighted by molar-refractivity contribution is 5.18. The fourth-order valence-corrected chi connectivity index (χ4v) is 3.60. The minimum Gasteiger partial charge on any atom is -0.313 e. The van der Waals surface area contributed by atoms with Gasteiger partial charge in [0.25, 0.3) is 0 Å². The van der Waals surface area contributed by atoms with Crippen molar-refractivity contribution in [1.29, 1.82) is 0 Å². The summed E-state index contributed by atoms with van der Waals surface area (Å²) in [6, 6.07) is 1.92. The van der Waals surface area contributed by atoms with Crippen LogP contribution in [0.15, 0.2) is 18.5 Å². The van der Waals surface area contributed by atoms with Gasteiger partial charge >= 0.3 is 0 Å². The molecule has 20 heavy (non-hydrogen) atoms. The monoisotopic (exact) mass is 278 g/mol. The van der Waals surface area contributed by atoms with E-state index < -0.39 is 0 Å². The summed E-state index contributed by atoms with van der Waals surface area (Å²) in [5.41, 5.74) is 1.16. The molecule has 1 fully saturated rings. The van der Waals surface area contributed by atoms with Crippen molar-refractivity contribution in [2.75, 3.05) is 7.05 Å². The molecule has 1 aliphatic rings. The average Bonchev–Trinajstić information content (AvgIpc) is 2.41. The summed E-state index contributed by atoms with van der Waals surface area (Å²) in [6.07, 6.45) is 7.85. The zero-order valence-corrected chi connectivity index (χ0v) is 13.1. The van der Waals surface area contributed by atoms with Crippen molar-refractivity contribution in [3.63, 3.8) is 0 Å². The van der Waals surface area contributed by atoms with Gasteiger partial charge in [-0.15, -0.1) is 0 Å². The lowest BCUT2D eigenvalue weighted by molar-refractivity contribution is 0.133. The molecule has 0 aliphatic heterocycles. The van der Waals surface area contributed by atoms with Gasteiger partial charge in [-0.05, 0) is 56.0 Å². The summed E-state index contributed by atoms with van der Waals surface area (Å²) >= 11 is 0. The molecule has 1 atom stereocenters. The third-order valence-corrected chi connectivity index (χ3v) is 4.92. The van der Waals surface area contributed by atoms with Gasteiger partial charge in [0.15, 0.2) is 0 Å². The van der Waals surface area contributed by atoms with Crippen molar-refractivity contribution in [3.05, 3.63) is 29.8 Å². The predicted octanol–water partition coefficient (Wildman–Crippen LogP) is 4.33. The smallest absolute Gasteiger partial charge is 0.146 e. The van der Waals surface area contributed by atoms with E-state index in [1.54, 1.807) is 6.20 Å². The van der Waals surface area contributed by atoms with Crippen LogP contribution in [-0.2, 0) is 0 Å². The molecule has 1 unspecified atom stereocenters. The number of hydrogen-bond acceptors (Lipinski definition) is 2. The van der Waals surface area contributed by atoms with Gasteiger partial charge in [-0.3, -0.25) is 4.98 Å². The molecule has 112 valence electrons. The molecule has 1 saturated carbocycles. The van der Waals surface area contributed by atoms with Gasteiger partial charge in [-0.1, -0.05) is 20.8 Å². The second-order valence-corrected chi connectivity index (χ2v) is 7.14. The first-order valence-electron chi connectivity index (χ1n) is 7.70. The van der Waals surface area contributed by atoms with Crippen LogP contribution in [0.3, 0.4) is 0 Å². The Morgan fingerprint density at radius 3 is 2.40 bits per heavy atom. The van der Waals surface area contributed by atoms with E-state index >= 15 is 0 Å². The van der Waals surface area contributed by atoms with Crippen molar-refractivity contribution in [1.82, 2.24) is 10.3 Å². The molecule has 2 nitrogen and oxygen atoms in total. The molecule has 3 heteroatoms. The summed E-state index contributed by atoms with van der Waals surface area (Å²) in [5, 5.41) is 3.31. The molecule has 0 bridgehead atoms. The van der Waals surface area contributed by atoms with Crippen LogP contribution in [0.4, 0.5) is 4.39 Å². The standard InChI is InChI=1S/C17H27FN2/c1-17(2,3)13-7-5-12(6-8-13)16(19-4)14-9-10-20-11-15(14)18/h9-13,16,19H,5-8H2,1-4H3. The van der Waals surface area contributed by atoms with E-state index in [1.807, 2.05) is 13.1 Å². The number of rotatable bonds is 3. The van der Waals surface area contributed by atoms with Gasteiger partial charge < -0.3 is 5.32 Å². The number of hydrogen-bond donors (Lipinski definition) is 1. The molecule has 2 rings (SSSR count). The van der Waals surface area contributed by atoms with Crippen LogP contribution in [0, 0.1) is 23.1 Å². The van der Waals surface area contributed by atoms with E-state index in [0.29, 0.717) is 11.3 Å². The Morgan fingerprint density at radius 2 is 1.90 bits per heavy atom. The van der Waals surface area contributed by atoms with Gasteiger partial charge in [0, 0.05) is 17.8 Å². The number of nitrogens with zero attached hydrogens (tertiary/aromatic N) is 1. The van der Waals surface area contributed by atoms with Gasteiger partial charge in [0.1, 0.15) is 5.82 Å². The maximum atomic E-state index is 13.9. The van der Waals surface area contributed by atoms with Crippen molar-refractivity contribution < 1.29 is 4.39 Å². The third-order valence-electron chi connectivity index (χ3n) is 4.92. The fraction of sp³-hybridized carbons (Fsp3) is 0.706. The maximum Gasteiger partial charge on any atom is 0.146 e. The molecular weight excluding hydrogens is 251 g/mol. The van der Waals surface area contributed by atoms with Crippen LogP contribution >= 0.6 is 0 Å². The Kier molecular flexibility index (Phi) is 4.79. The number of aromatic nitrogens is 1. The predicted molar refractivity (Wildman–Crippen MR) is 80.9 cm³/mol. The summed E-state index contributed by atoms with van der Waals surface area (Å²) in [5.74, 6) is 1.12. The minimum absolute atomic E-state index is 0.110. The Morgan fingerprint density at radius 1 is 1.25 bits per heavy atom. The van der Waals surface area contributed by atoms with E-state index in [4.69, 9.17) is 0 Å². The SMILES string of the molecule is CNC(c1ccncc1F)C1CCC(C(C)(C)C)CC1. The molecule has 0 amide bonds. The minimum atomic E-state index is -0.190. The van der Waals surface area contributed by atoms with Crippen molar-refractivity contribution >= 4 is 0 Å². The topological polar surface area (TPSA) is 24.9 Å². The Balaban J connectivity index is 2.06. The highest BCUT2D eigenvalue weighted by atomic mass is 19.1. The Hall–Kier alpha value is -0.960. The third kappa shape index (κ3) is 3.38. The fourth-order valence-electron chi connectivity index (χ4n) is 3.60. The van der Waals surface area contributed by atoms with E-state index in [9.17, 15) is 4.39 Å². The molecule has 1 N–H and O–H groups in total. The van der Waals surface area contributed by atoms with Crippen LogP contribution in [0.5, 0.6) is 0 Å². The highest BCUT2D eigenvalue weighted by Gasteiger charge is 2.33. The van der Waals surface area contributed by atoms with Crippen molar-refractivity contribution in [2.24, 2.45) is 17.3 Å². The molecule has 1 aromatic rings. The number of nitrogens with one attached hydrogen (secondary N) is 1. The number of pyridine rings is 1. The van der Waals surface area contributed by atoms with Crippen LogP contribution in [-0.4, -0.2) is 12.0 Å². The van der Waals surface area contributed by atoms with Gasteiger partial charge in [-0.2, -0.15) is 0 Å². The molecule has 1 aromatic heterocycles. The first-order chi connectivity index (χ1) is 9.43. The maximum absolute atomic E-state index is 13.9. The van der Waals surface area contributed by atoms with E-state index in [-0.39, 0.29) is 11.9 Å². The second-order valence-electron chi connectivity index (χ2n) is 7.14. The van der Waals surface area contributed by atoms with Gasteiger partial charge in [-0.25, -0.2) is 4.39 Å². The zero-order chi connectivity index (χ0) is 14.8. The Bertz CT molecular complexity index is 431. The molecule has 0 aromatic carbocycles. The highest BCUT2D eigenvalue weighted by Crippen LogP contribution is 2.43. The van der Waals surface area contributed by atoms with E-state index in [1.165, 1.54) is 31.9 Å². The normalized spacial score (nSPS) is 25.4. The molecule has 0 radical (unpaired) electrons. The van der Waals surface area contributed by atoms with Crippen LogP contribution in [0.2, 0.25) is 0 Å². The summed E-state index contributed by atoms with van der Waals surface area (Å²) < 4.78 is 13.9. The lowest BCUT2D eigenvalue weighted by atomic mass is 9.68. The summed E-state index contributed by atoms with van der Waals surface area (Å²) in [4.78, 5) is 3.85. The molecule has 0 saturated heterocycles. The van der Waals surface area contributed by atoms with Crippen LogP contribution < -0.4 is 5.32 Å². The molecule has 1 aliphatic carbocycles. The lowest BCUT2D eigenvalue weighted by Crippen LogP contribution is -2.32. The zero-order valence-electron chi connectivity index (χ0n) is 13.1.